The van der Waals surface area contributed by atoms with Crippen LogP contribution in [-0.4, -0.2) is 13.6 Å². The average Bonchev–Trinajstić information content (AvgIpc) is 2.26. The maximum Gasteiger partial charge on any atom is 0.0489 e. The maximum absolute atomic E-state index is 5.96. The van der Waals surface area contributed by atoms with Crippen molar-refractivity contribution < 1.29 is 0 Å². The van der Waals surface area contributed by atoms with E-state index in [1.165, 1.54) is 0 Å². The molecule has 0 radical (unpaired) electrons. The molecule has 0 aromatic heterocycles. The molecule has 82 valence electrons. The second kappa shape index (κ2) is 6.89. The van der Waals surface area contributed by atoms with Crippen LogP contribution in [0.5, 0.6) is 0 Å². The molecule has 0 amide bonds. The van der Waals surface area contributed by atoms with Gasteiger partial charge in [0.1, 0.15) is 0 Å². The first-order chi connectivity index (χ1) is 7.27. The van der Waals surface area contributed by atoms with Crippen LogP contribution in [0, 0.1) is 0 Å². The van der Waals surface area contributed by atoms with Gasteiger partial charge in [-0.05, 0) is 43.3 Å². The minimum Gasteiger partial charge on any atom is -0.319 e. The molecule has 0 atom stereocenters. The second-order valence-corrected chi connectivity index (χ2v) is 3.95. The van der Waals surface area contributed by atoms with E-state index < -0.39 is 0 Å². The lowest BCUT2D eigenvalue weighted by molar-refractivity contribution is 0.809. The van der Waals surface area contributed by atoms with Crippen LogP contribution in [0.3, 0.4) is 0 Å². The van der Waals surface area contributed by atoms with Crippen molar-refractivity contribution in [2.75, 3.05) is 13.6 Å². The molecule has 0 heterocycles. The first kappa shape index (κ1) is 12.6. The minimum atomic E-state index is 0.455. The van der Waals surface area contributed by atoms with Gasteiger partial charge in [0.15, 0.2) is 0 Å². The quantitative estimate of drug-likeness (QED) is 0.615. The van der Waals surface area contributed by atoms with Crippen LogP contribution in [0.15, 0.2) is 24.3 Å². The zero-order valence-electron chi connectivity index (χ0n) is 8.76. The van der Waals surface area contributed by atoms with Gasteiger partial charge in [-0.25, -0.2) is 0 Å². The molecule has 0 saturated carbocycles. The molecule has 0 bridgehead atoms. The van der Waals surface area contributed by atoms with Crippen molar-refractivity contribution >= 4 is 29.3 Å². The van der Waals surface area contributed by atoms with E-state index in [1.807, 2.05) is 25.2 Å². The van der Waals surface area contributed by atoms with Crippen molar-refractivity contribution in [2.24, 2.45) is 0 Å². The van der Waals surface area contributed by atoms with Gasteiger partial charge in [0.2, 0.25) is 0 Å². The Morgan fingerprint density at radius 1 is 1.40 bits per heavy atom. The van der Waals surface area contributed by atoms with Gasteiger partial charge < -0.3 is 5.32 Å². The number of nitrogens with one attached hydrogen (secondary N) is 1. The SMILES string of the molecule is CNCCC=Cc1ccc(Cl)c(CCl)c1. The van der Waals surface area contributed by atoms with Crippen LogP contribution >= 0.6 is 23.2 Å². The highest BCUT2D eigenvalue weighted by molar-refractivity contribution is 6.32. The lowest BCUT2D eigenvalue weighted by Crippen LogP contribution is -2.05. The molecule has 1 nitrogen and oxygen atoms in total. The summed E-state index contributed by atoms with van der Waals surface area (Å²) in [4.78, 5) is 0. The zero-order chi connectivity index (χ0) is 11.1. The molecule has 0 spiro atoms. The van der Waals surface area contributed by atoms with Gasteiger partial charge in [0.05, 0.1) is 0 Å². The second-order valence-electron chi connectivity index (χ2n) is 3.28. The predicted octanol–water partition coefficient (Wildman–Crippen LogP) is 3.70. The van der Waals surface area contributed by atoms with E-state index in [0.29, 0.717) is 5.88 Å². The van der Waals surface area contributed by atoms with E-state index in [2.05, 4.69) is 17.5 Å². The molecule has 1 aromatic rings. The third kappa shape index (κ3) is 4.25. The van der Waals surface area contributed by atoms with Gasteiger partial charge >= 0.3 is 0 Å². The van der Waals surface area contributed by atoms with Gasteiger partial charge in [-0.3, -0.25) is 0 Å². The molecule has 15 heavy (non-hydrogen) atoms. The van der Waals surface area contributed by atoms with Gasteiger partial charge in [-0.1, -0.05) is 29.8 Å². The van der Waals surface area contributed by atoms with Gasteiger partial charge in [-0.15, -0.1) is 11.6 Å². The molecular weight excluding hydrogens is 229 g/mol. The fraction of sp³-hybridized carbons (Fsp3) is 0.333. The fourth-order valence-corrected chi connectivity index (χ4v) is 1.72. The van der Waals surface area contributed by atoms with E-state index in [1.54, 1.807) is 0 Å². The van der Waals surface area contributed by atoms with Crippen LogP contribution < -0.4 is 5.32 Å². The van der Waals surface area contributed by atoms with Crippen LogP contribution in [0.4, 0.5) is 0 Å². The summed E-state index contributed by atoms with van der Waals surface area (Å²) in [5.74, 6) is 0.455. The standard InChI is InChI=1S/C12H15Cl2N/c1-15-7-3-2-4-10-5-6-12(14)11(8-10)9-13/h2,4-6,8,15H,3,7,9H2,1H3. The smallest absolute Gasteiger partial charge is 0.0489 e. The Morgan fingerprint density at radius 3 is 2.87 bits per heavy atom. The van der Waals surface area contributed by atoms with E-state index in [0.717, 1.165) is 29.1 Å². The van der Waals surface area contributed by atoms with Crippen LogP contribution in [0.1, 0.15) is 17.5 Å². The number of halogens is 2. The molecule has 1 aromatic carbocycles. The monoisotopic (exact) mass is 243 g/mol. The average molecular weight is 244 g/mol. The summed E-state index contributed by atoms with van der Waals surface area (Å²) >= 11 is 11.7. The van der Waals surface area contributed by atoms with Crippen molar-refractivity contribution in [1.82, 2.24) is 5.32 Å². The largest absolute Gasteiger partial charge is 0.319 e. The topological polar surface area (TPSA) is 12.0 Å². The van der Waals surface area contributed by atoms with E-state index in [9.17, 15) is 0 Å². The zero-order valence-corrected chi connectivity index (χ0v) is 10.3. The Kier molecular flexibility index (Phi) is 5.77. The highest BCUT2D eigenvalue weighted by atomic mass is 35.5. The molecular formula is C12H15Cl2N. The summed E-state index contributed by atoms with van der Waals surface area (Å²) in [5.41, 5.74) is 2.13. The van der Waals surface area contributed by atoms with Crippen LogP contribution in [0.2, 0.25) is 5.02 Å². The lowest BCUT2D eigenvalue weighted by Gasteiger charge is -2.01. The molecule has 1 N–H and O–H groups in total. The molecule has 3 heteroatoms. The van der Waals surface area contributed by atoms with Crippen molar-refractivity contribution in [2.45, 2.75) is 12.3 Å². The third-order valence-corrected chi connectivity index (χ3v) is 2.74. The van der Waals surface area contributed by atoms with Gasteiger partial charge in [-0.2, -0.15) is 0 Å². The van der Waals surface area contributed by atoms with Crippen molar-refractivity contribution in [3.05, 3.63) is 40.4 Å². The molecule has 0 aliphatic rings. The van der Waals surface area contributed by atoms with E-state index >= 15 is 0 Å². The van der Waals surface area contributed by atoms with Gasteiger partial charge in [0.25, 0.3) is 0 Å². The van der Waals surface area contributed by atoms with Gasteiger partial charge in [0, 0.05) is 10.9 Å². The first-order valence-corrected chi connectivity index (χ1v) is 5.84. The molecule has 0 aliphatic carbocycles. The summed E-state index contributed by atoms with van der Waals surface area (Å²) in [6.07, 6.45) is 5.25. The Labute approximate surface area is 101 Å². The van der Waals surface area contributed by atoms with E-state index in [-0.39, 0.29) is 0 Å². The molecule has 0 unspecified atom stereocenters. The van der Waals surface area contributed by atoms with Crippen LogP contribution in [0.25, 0.3) is 6.08 Å². The highest BCUT2D eigenvalue weighted by Gasteiger charge is 1.98. The number of hydrogen-bond acceptors (Lipinski definition) is 1. The Balaban J connectivity index is 2.65. The summed E-state index contributed by atoms with van der Waals surface area (Å²) in [6, 6.07) is 5.90. The highest BCUT2D eigenvalue weighted by Crippen LogP contribution is 2.20. The summed E-state index contributed by atoms with van der Waals surface area (Å²) in [7, 11) is 1.95. The predicted molar refractivity (Wildman–Crippen MR) is 68.6 cm³/mol. The summed E-state index contributed by atoms with van der Waals surface area (Å²) in [6.45, 7) is 0.993. The van der Waals surface area contributed by atoms with Crippen molar-refractivity contribution in [3.63, 3.8) is 0 Å². The summed E-state index contributed by atoms with van der Waals surface area (Å²) < 4.78 is 0. The Hall–Kier alpha value is -0.500. The number of alkyl halides is 1. The van der Waals surface area contributed by atoms with Crippen molar-refractivity contribution in [3.8, 4) is 0 Å². The minimum absolute atomic E-state index is 0.455. The maximum atomic E-state index is 5.96. The number of hydrogen-bond donors (Lipinski definition) is 1. The fourth-order valence-electron chi connectivity index (χ4n) is 1.25. The number of rotatable bonds is 5. The Morgan fingerprint density at radius 2 is 2.20 bits per heavy atom. The molecule has 1 rings (SSSR count). The number of benzene rings is 1. The summed E-state index contributed by atoms with van der Waals surface area (Å²) in [5, 5.41) is 3.83. The Bertz CT molecular complexity index is 334. The third-order valence-electron chi connectivity index (χ3n) is 2.09. The first-order valence-electron chi connectivity index (χ1n) is 4.93. The van der Waals surface area contributed by atoms with Crippen LogP contribution in [-0.2, 0) is 5.88 Å². The lowest BCUT2D eigenvalue weighted by atomic mass is 10.1. The molecule has 0 fully saturated rings. The molecule has 0 saturated heterocycles. The molecule has 0 aliphatic heterocycles. The normalized spacial score (nSPS) is 11.1. The van der Waals surface area contributed by atoms with Crippen molar-refractivity contribution in [1.29, 1.82) is 0 Å². The van der Waals surface area contributed by atoms with E-state index in [4.69, 9.17) is 23.2 Å².